The standard InChI is InChI=1S/C16H27N/c1-6-8-15(17-9-7-2)16-13(4)10-12(3)11-14(16)5/h10-11,15,17H,6-9H2,1-5H3. The van der Waals surface area contributed by atoms with Crippen LogP contribution in [0.15, 0.2) is 12.1 Å². The Morgan fingerprint density at radius 2 is 1.59 bits per heavy atom. The van der Waals surface area contributed by atoms with Crippen LogP contribution >= 0.6 is 0 Å². The van der Waals surface area contributed by atoms with E-state index < -0.39 is 0 Å². The predicted octanol–water partition coefficient (Wildman–Crippen LogP) is 4.45. The number of benzene rings is 1. The molecule has 0 aliphatic rings. The molecule has 1 nitrogen and oxygen atoms in total. The zero-order valence-corrected chi connectivity index (χ0v) is 12.1. The second-order valence-electron chi connectivity index (χ2n) is 5.11. The van der Waals surface area contributed by atoms with E-state index in [-0.39, 0.29) is 0 Å². The maximum absolute atomic E-state index is 3.69. The van der Waals surface area contributed by atoms with Crippen molar-refractivity contribution in [1.29, 1.82) is 0 Å². The molecule has 1 aromatic carbocycles. The van der Waals surface area contributed by atoms with E-state index in [9.17, 15) is 0 Å². The maximum atomic E-state index is 3.69. The number of aryl methyl sites for hydroxylation is 3. The molecule has 0 fully saturated rings. The quantitative estimate of drug-likeness (QED) is 0.765. The topological polar surface area (TPSA) is 12.0 Å². The van der Waals surface area contributed by atoms with E-state index in [4.69, 9.17) is 0 Å². The zero-order valence-electron chi connectivity index (χ0n) is 12.1. The first-order chi connectivity index (χ1) is 8.10. The molecule has 0 aliphatic heterocycles. The predicted molar refractivity (Wildman–Crippen MR) is 76.6 cm³/mol. The van der Waals surface area contributed by atoms with Crippen molar-refractivity contribution in [2.45, 2.75) is 59.9 Å². The fourth-order valence-electron chi connectivity index (χ4n) is 2.70. The van der Waals surface area contributed by atoms with Gasteiger partial charge in [0.15, 0.2) is 0 Å². The number of nitrogens with one attached hydrogen (secondary N) is 1. The first-order valence-electron chi connectivity index (χ1n) is 6.91. The van der Waals surface area contributed by atoms with Crippen LogP contribution in [0.2, 0.25) is 0 Å². The van der Waals surface area contributed by atoms with Crippen molar-refractivity contribution < 1.29 is 0 Å². The summed E-state index contributed by atoms with van der Waals surface area (Å²) in [6.07, 6.45) is 3.66. The van der Waals surface area contributed by atoms with Gasteiger partial charge in [-0.1, -0.05) is 38.0 Å². The van der Waals surface area contributed by atoms with Gasteiger partial charge >= 0.3 is 0 Å². The number of hydrogen-bond acceptors (Lipinski definition) is 1. The van der Waals surface area contributed by atoms with Crippen LogP contribution in [0.1, 0.15) is 61.4 Å². The van der Waals surface area contributed by atoms with E-state index in [2.05, 4.69) is 52.1 Å². The van der Waals surface area contributed by atoms with Crippen LogP contribution in [0, 0.1) is 20.8 Å². The lowest BCUT2D eigenvalue weighted by molar-refractivity contribution is 0.490. The summed E-state index contributed by atoms with van der Waals surface area (Å²) in [5.74, 6) is 0. The van der Waals surface area contributed by atoms with Gasteiger partial charge in [0.2, 0.25) is 0 Å². The average molecular weight is 233 g/mol. The first-order valence-corrected chi connectivity index (χ1v) is 6.91. The molecule has 0 bridgehead atoms. The summed E-state index contributed by atoms with van der Waals surface area (Å²) in [6.45, 7) is 12.3. The van der Waals surface area contributed by atoms with Crippen molar-refractivity contribution in [1.82, 2.24) is 5.32 Å². The molecule has 0 saturated heterocycles. The van der Waals surface area contributed by atoms with Crippen LogP contribution in [-0.4, -0.2) is 6.54 Å². The van der Waals surface area contributed by atoms with Crippen molar-refractivity contribution >= 4 is 0 Å². The summed E-state index contributed by atoms with van der Waals surface area (Å²) in [7, 11) is 0. The molecule has 0 aliphatic carbocycles. The number of hydrogen-bond donors (Lipinski definition) is 1. The molecule has 1 N–H and O–H groups in total. The fraction of sp³-hybridized carbons (Fsp3) is 0.625. The Balaban J connectivity index is 3.00. The highest BCUT2D eigenvalue weighted by atomic mass is 14.9. The minimum atomic E-state index is 0.528. The summed E-state index contributed by atoms with van der Waals surface area (Å²) in [6, 6.07) is 5.14. The smallest absolute Gasteiger partial charge is 0.0325 e. The molecule has 1 aromatic rings. The van der Waals surface area contributed by atoms with Crippen LogP contribution in [0.4, 0.5) is 0 Å². The van der Waals surface area contributed by atoms with Gasteiger partial charge in [0, 0.05) is 6.04 Å². The molecule has 0 amide bonds. The zero-order chi connectivity index (χ0) is 12.8. The Morgan fingerprint density at radius 1 is 1.00 bits per heavy atom. The first kappa shape index (κ1) is 14.2. The van der Waals surface area contributed by atoms with Gasteiger partial charge in [0.05, 0.1) is 0 Å². The van der Waals surface area contributed by atoms with Gasteiger partial charge in [-0.15, -0.1) is 0 Å². The minimum Gasteiger partial charge on any atom is -0.310 e. The van der Waals surface area contributed by atoms with E-state index in [0.29, 0.717) is 6.04 Å². The lowest BCUT2D eigenvalue weighted by Crippen LogP contribution is -2.23. The van der Waals surface area contributed by atoms with Gasteiger partial charge in [0.25, 0.3) is 0 Å². The second kappa shape index (κ2) is 6.80. The van der Waals surface area contributed by atoms with E-state index in [1.54, 1.807) is 0 Å². The third-order valence-electron chi connectivity index (χ3n) is 3.30. The Bertz CT molecular complexity index is 332. The van der Waals surface area contributed by atoms with Crippen LogP contribution in [0.25, 0.3) is 0 Å². The Labute approximate surface area is 107 Å². The Kier molecular flexibility index (Phi) is 5.70. The van der Waals surface area contributed by atoms with E-state index in [0.717, 1.165) is 6.54 Å². The molecular weight excluding hydrogens is 206 g/mol. The Hall–Kier alpha value is -0.820. The SMILES string of the molecule is CCCNC(CCC)c1c(C)cc(C)cc1C. The molecule has 17 heavy (non-hydrogen) atoms. The molecule has 1 unspecified atom stereocenters. The van der Waals surface area contributed by atoms with Crippen LogP contribution in [0.3, 0.4) is 0 Å². The van der Waals surface area contributed by atoms with Crippen molar-refractivity contribution in [2.24, 2.45) is 0 Å². The monoisotopic (exact) mass is 233 g/mol. The number of rotatable bonds is 6. The summed E-state index contributed by atoms with van der Waals surface area (Å²) < 4.78 is 0. The lowest BCUT2D eigenvalue weighted by Gasteiger charge is -2.23. The molecule has 0 aromatic heterocycles. The van der Waals surface area contributed by atoms with Gasteiger partial charge in [-0.25, -0.2) is 0 Å². The minimum absolute atomic E-state index is 0.528. The van der Waals surface area contributed by atoms with Gasteiger partial charge in [-0.2, -0.15) is 0 Å². The van der Waals surface area contributed by atoms with E-state index in [1.165, 1.54) is 41.5 Å². The van der Waals surface area contributed by atoms with Crippen LogP contribution in [0.5, 0.6) is 0 Å². The average Bonchev–Trinajstić information content (AvgIpc) is 2.24. The van der Waals surface area contributed by atoms with Gasteiger partial charge in [-0.3, -0.25) is 0 Å². The van der Waals surface area contributed by atoms with Gasteiger partial charge in [-0.05, 0) is 56.8 Å². The molecule has 1 rings (SSSR count). The molecular formula is C16H27N. The molecule has 0 radical (unpaired) electrons. The van der Waals surface area contributed by atoms with Crippen molar-refractivity contribution in [2.75, 3.05) is 6.54 Å². The largest absolute Gasteiger partial charge is 0.310 e. The summed E-state index contributed by atoms with van der Waals surface area (Å²) in [5.41, 5.74) is 5.76. The van der Waals surface area contributed by atoms with Gasteiger partial charge < -0.3 is 5.32 Å². The molecule has 0 heterocycles. The highest BCUT2D eigenvalue weighted by molar-refractivity contribution is 5.39. The van der Waals surface area contributed by atoms with Gasteiger partial charge in [0.1, 0.15) is 0 Å². The van der Waals surface area contributed by atoms with Crippen LogP contribution < -0.4 is 5.32 Å². The fourth-order valence-corrected chi connectivity index (χ4v) is 2.70. The second-order valence-corrected chi connectivity index (χ2v) is 5.11. The summed E-state index contributed by atoms with van der Waals surface area (Å²) >= 11 is 0. The molecule has 96 valence electrons. The van der Waals surface area contributed by atoms with Crippen molar-refractivity contribution in [3.05, 3.63) is 34.4 Å². The molecule has 0 saturated carbocycles. The van der Waals surface area contributed by atoms with E-state index >= 15 is 0 Å². The molecule has 1 heteroatoms. The molecule has 1 atom stereocenters. The third-order valence-corrected chi connectivity index (χ3v) is 3.30. The molecule has 0 spiro atoms. The normalized spacial score (nSPS) is 12.8. The van der Waals surface area contributed by atoms with Crippen molar-refractivity contribution in [3.8, 4) is 0 Å². The highest BCUT2D eigenvalue weighted by Gasteiger charge is 2.14. The lowest BCUT2D eigenvalue weighted by atomic mass is 9.91. The van der Waals surface area contributed by atoms with E-state index in [1.807, 2.05) is 0 Å². The third kappa shape index (κ3) is 3.85. The summed E-state index contributed by atoms with van der Waals surface area (Å²) in [5, 5.41) is 3.69. The summed E-state index contributed by atoms with van der Waals surface area (Å²) in [4.78, 5) is 0. The maximum Gasteiger partial charge on any atom is 0.0325 e. The Morgan fingerprint density at radius 3 is 2.06 bits per heavy atom. The van der Waals surface area contributed by atoms with Crippen LogP contribution in [-0.2, 0) is 0 Å². The van der Waals surface area contributed by atoms with Crippen molar-refractivity contribution in [3.63, 3.8) is 0 Å². The highest BCUT2D eigenvalue weighted by Crippen LogP contribution is 2.26.